The number of aryl methyl sites for hydroxylation is 1. The molecule has 1 N–H and O–H groups in total. The van der Waals surface area contributed by atoms with E-state index in [1.54, 1.807) is 12.1 Å². The van der Waals surface area contributed by atoms with E-state index in [4.69, 9.17) is 20.9 Å². The van der Waals surface area contributed by atoms with Gasteiger partial charge >= 0.3 is 0 Å². The van der Waals surface area contributed by atoms with Gasteiger partial charge in [0.1, 0.15) is 17.3 Å². The van der Waals surface area contributed by atoms with Gasteiger partial charge in [0.15, 0.2) is 0 Å². The van der Waals surface area contributed by atoms with Crippen molar-refractivity contribution in [3.63, 3.8) is 0 Å². The summed E-state index contributed by atoms with van der Waals surface area (Å²) in [6, 6.07) is 12.5. The van der Waals surface area contributed by atoms with Gasteiger partial charge < -0.3 is 14.4 Å². The molecule has 0 amide bonds. The maximum absolute atomic E-state index is 14.6. The van der Waals surface area contributed by atoms with Crippen molar-refractivity contribution < 1.29 is 18.8 Å². The van der Waals surface area contributed by atoms with E-state index in [1.807, 2.05) is 31.2 Å². The average molecular weight is 482 g/mol. The quantitative estimate of drug-likeness (QED) is 0.415. The second kappa shape index (κ2) is 8.47. The van der Waals surface area contributed by atoms with Crippen LogP contribution in [0.1, 0.15) is 66.9 Å². The highest BCUT2D eigenvalue weighted by Gasteiger charge is 2.55. The molecule has 0 aliphatic heterocycles. The highest BCUT2D eigenvalue weighted by atomic mass is 35.5. The molecular formula is C28H29ClFNO3. The zero-order valence-electron chi connectivity index (χ0n) is 19.3. The van der Waals surface area contributed by atoms with E-state index in [1.165, 1.54) is 6.07 Å². The Morgan fingerprint density at radius 3 is 2.50 bits per heavy atom. The minimum Gasteiger partial charge on any atom is -0.384 e. The Hall–Kier alpha value is -2.21. The molecule has 1 heterocycles. The SMILES string of the molecule is Cc1cccc(Cl)c1-c1noc(C2CC2)c1COC1C[C@H]2CC[C@@H](C1)C2(O)c1ccccc1F. The van der Waals surface area contributed by atoms with E-state index in [9.17, 15) is 9.50 Å². The predicted molar refractivity (Wildman–Crippen MR) is 128 cm³/mol. The molecule has 178 valence electrons. The number of hydrogen-bond donors (Lipinski definition) is 1. The second-order valence-corrected chi connectivity index (χ2v) is 10.7. The fraction of sp³-hybridized carbons (Fsp3) is 0.464. The van der Waals surface area contributed by atoms with E-state index < -0.39 is 5.60 Å². The van der Waals surface area contributed by atoms with Crippen molar-refractivity contribution in [2.24, 2.45) is 11.8 Å². The Morgan fingerprint density at radius 1 is 1.09 bits per heavy atom. The summed E-state index contributed by atoms with van der Waals surface area (Å²) >= 11 is 6.56. The number of aliphatic hydroxyl groups is 1. The van der Waals surface area contributed by atoms with Crippen molar-refractivity contribution in [1.29, 1.82) is 0 Å². The van der Waals surface area contributed by atoms with Crippen molar-refractivity contribution in [1.82, 2.24) is 5.16 Å². The van der Waals surface area contributed by atoms with Crippen LogP contribution in [0.2, 0.25) is 5.02 Å². The summed E-state index contributed by atoms with van der Waals surface area (Å²) in [5, 5.41) is 16.7. The summed E-state index contributed by atoms with van der Waals surface area (Å²) in [5.41, 5.74) is 3.03. The van der Waals surface area contributed by atoms with Crippen molar-refractivity contribution in [2.75, 3.05) is 0 Å². The summed E-state index contributed by atoms with van der Waals surface area (Å²) < 4.78 is 26.9. The highest BCUT2D eigenvalue weighted by Crippen LogP contribution is 2.56. The van der Waals surface area contributed by atoms with Crippen LogP contribution in [0, 0.1) is 24.6 Å². The van der Waals surface area contributed by atoms with Crippen LogP contribution in [0.25, 0.3) is 11.3 Å². The number of halogens is 2. The maximum Gasteiger partial charge on any atom is 0.145 e. The monoisotopic (exact) mass is 481 g/mol. The summed E-state index contributed by atoms with van der Waals surface area (Å²) in [5.74, 6) is 0.972. The lowest BCUT2D eigenvalue weighted by Gasteiger charge is -2.43. The lowest BCUT2D eigenvalue weighted by atomic mass is 9.69. The van der Waals surface area contributed by atoms with Crippen molar-refractivity contribution >= 4 is 11.6 Å². The van der Waals surface area contributed by atoms with E-state index >= 15 is 0 Å². The van der Waals surface area contributed by atoms with E-state index in [0.717, 1.165) is 53.8 Å². The standard InChI is InChI=1S/C28H29ClFNO3/c1-16-5-4-7-23(29)25(16)26-21(27(34-31-26)17-9-10-17)15-33-20-13-18-11-12-19(14-20)28(18,32)22-6-2-3-8-24(22)30/h2-8,17-20,32H,9-15H2,1H3/t18-,19+,20?,28?. The number of fused-ring (bicyclic) bond motifs is 2. The molecule has 34 heavy (non-hydrogen) atoms. The number of benzene rings is 2. The molecule has 0 radical (unpaired) electrons. The van der Waals surface area contributed by atoms with Crippen LogP contribution in [-0.2, 0) is 16.9 Å². The zero-order valence-corrected chi connectivity index (χ0v) is 20.0. The highest BCUT2D eigenvalue weighted by molar-refractivity contribution is 6.33. The Balaban J connectivity index is 1.24. The Bertz CT molecular complexity index is 1190. The molecule has 2 unspecified atom stereocenters. The molecular weight excluding hydrogens is 453 g/mol. The van der Waals surface area contributed by atoms with Crippen LogP contribution >= 0.6 is 11.6 Å². The third-order valence-corrected chi connectivity index (χ3v) is 8.51. The van der Waals surface area contributed by atoms with Crippen LogP contribution in [0.4, 0.5) is 4.39 Å². The number of rotatable bonds is 6. The molecule has 2 aromatic carbocycles. The lowest BCUT2D eigenvalue weighted by molar-refractivity contribution is -0.117. The molecule has 3 fully saturated rings. The van der Waals surface area contributed by atoms with Gasteiger partial charge in [0.2, 0.25) is 0 Å². The largest absolute Gasteiger partial charge is 0.384 e. The Labute approximate surface area is 204 Å². The minimum atomic E-state index is -1.11. The molecule has 3 saturated carbocycles. The summed E-state index contributed by atoms with van der Waals surface area (Å²) in [4.78, 5) is 0. The molecule has 3 aromatic rings. The van der Waals surface area contributed by atoms with E-state index in [2.05, 4.69) is 5.16 Å². The molecule has 0 spiro atoms. The smallest absolute Gasteiger partial charge is 0.145 e. The molecule has 4 nitrogen and oxygen atoms in total. The van der Waals surface area contributed by atoms with Gasteiger partial charge in [-0.15, -0.1) is 0 Å². The normalized spacial score (nSPS) is 28.4. The van der Waals surface area contributed by atoms with Crippen LogP contribution < -0.4 is 0 Å². The molecule has 3 aliphatic carbocycles. The van der Waals surface area contributed by atoms with Crippen LogP contribution in [0.5, 0.6) is 0 Å². The van der Waals surface area contributed by atoms with Gasteiger partial charge in [0, 0.05) is 22.6 Å². The molecule has 6 rings (SSSR count). The molecule has 6 heteroatoms. The number of ether oxygens (including phenoxy) is 1. The average Bonchev–Trinajstić information content (AvgIpc) is 3.56. The predicted octanol–water partition coefficient (Wildman–Crippen LogP) is 6.91. The van der Waals surface area contributed by atoms with Gasteiger partial charge in [-0.05, 0) is 75.0 Å². The zero-order chi connectivity index (χ0) is 23.4. The first-order valence-corrected chi connectivity index (χ1v) is 12.7. The summed E-state index contributed by atoms with van der Waals surface area (Å²) in [6.07, 6.45) is 5.42. The summed E-state index contributed by atoms with van der Waals surface area (Å²) in [6.45, 7) is 2.43. The molecule has 4 atom stereocenters. The lowest BCUT2D eigenvalue weighted by Crippen LogP contribution is -2.45. The summed E-state index contributed by atoms with van der Waals surface area (Å²) in [7, 11) is 0. The Morgan fingerprint density at radius 2 is 1.82 bits per heavy atom. The van der Waals surface area contributed by atoms with Crippen molar-refractivity contribution in [3.05, 3.63) is 75.8 Å². The molecule has 0 saturated heterocycles. The minimum absolute atomic E-state index is 0.00620. The fourth-order valence-electron chi connectivity index (χ4n) is 6.32. The van der Waals surface area contributed by atoms with E-state index in [-0.39, 0.29) is 23.8 Å². The number of aromatic nitrogens is 1. The molecule has 2 bridgehead atoms. The van der Waals surface area contributed by atoms with Gasteiger partial charge in [0.25, 0.3) is 0 Å². The van der Waals surface area contributed by atoms with Gasteiger partial charge in [-0.3, -0.25) is 0 Å². The van der Waals surface area contributed by atoms with Crippen LogP contribution in [0.3, 0.4) is 0 Å². The number of hydrogen-bond acceptors (Lipinski definition) is 4. The number of nitrogens with zero attached hydrogens (tertiary/aromatic N) is 1. The van der Waals surface area contributed by atoms with Gasteiger partial charge in [-0.2, -0.15) is 0 Å². The topological polar surface area (TPSA) is 55.5 Å². The van der Waals surface area contributed by atoms with Crippen molar-refractivity contribution in [3.8, 4) is 11.3 Å². The third-order valence-electron chi connectivity index (χ3n) is 8.20. The first-order valence-electron chi connectivity index (χ1n) is 12.3. The molecule has 1 aromatic heterocycles. The third kappa shape index (κ3) is 3.60. The first kappa shape index (κ1) is 22.3. The fourth-order valence-corrected chi connectivity index (χ4v) is 6.63. The van der Waals surface area contributed by atoms with Crippen LogP contribution in [-0.4, -0.2) is 16.4 Å². The second-order valence-electron chi connectivity index (χ2n) is 10.3. The molecule has 3 aliphatic rings. The van der Waals surface area contributed by atoms with Crippen molar-refractivity contribution in [2.45, 2.75) is 69.7 Å². The van der Waals surface area contributed by atoms with Gasteiger partial charge in [0.05, 0.1) is 23.3 Å². The van der Waals surface area contributed by atoms with Gasteiger partial charge in [-0.1, -0.05) is 47.1 Å². The van der Waals surface area contributed by atoms with Crippen LogP contribution in [0.15, 0.2) is 47.0 Å². The maximum atomic E-state index is 14.6. The Kier molecular flexibility index (Phi) is 5.55. The van der Waals surface area contributed by atoms with Gasteiger partial charge in [-0.25, -0.2) is 4.39 Å². The first-order chi connectivity index (χ1) is 16.5. The van der Waals surface area contributed by atoms with E-state index in [0.29, 0.717) is 36.0 Å².